The molecule has 2 unspecified atom stereocenters. The summed E-state index contributed by atoms with van der Waals surface area (Å²) in [5.74, 6) is 1.57. The lowest BCUT2D eigenvalue weighted by Crippen LogP contribution is -2.59. The maximum absolute atomic E-state index is 13.2. The van der Waals surface area contributed by atoms with Gasteiger partial charge in [-0.15, -0.1) is 0 Å². The molecule has 6 heteroatoms. The second-order valence-corrected chi connectivity index (χ2v) is 9.44. The lowest BCUT2D eigenvalue weighted by Gasteiger charge is -2.59. The molecule has 156 valence electrons. The highest BCUT2D eigenvalue weighted by atomic mass is 16.5. The summed E-state index contributed by atoms with van der Waals surface area (Å²) >= 11 is 0. The minimum Gasteiger partial charge on any atom is -0.457 e. The quantitative estimate of drug-likeness (QED) is 0.702. The van der Waals surface area contributed by atoms with Crippen LogP contribution >= 0.6 is 0 Å². The Morgan fingerprint density at radius 1 is 1.00 bits per heavy atom. The summed E-state index contributed by atoms with van der Waals surface area (Å²) in [4.78, 5) is 24.5. The summed E-state index contributed by atoms with van der Waals surface area (Å²) in [5.41, 5.74) is 5.30. The Morgan fingerprint density at radius 2 is 1.70 bits per heavy atom. The van der Waals surface area contributed by atoms with Gasteiger partial charge in [0, 0.05) is 11.3 Å². The summed E-state index contributed by atoms with van der Waals surface area (Å²) in [6.45, 7) is 0. The molecule has 6 rings (SSSR count). The van der Waals surface area contributed by atoms with E-state index >= 15 is 0 Å². The second-order valence-electron chi connectivity index (χ2n) is 9.44. The van der Waals surface area contributed by atoms with Gasteiger partial charge in [-0.05, 0) is 92.8 Å². The van der Waals surface area contributed by atoms with Crippen LogP contribution in [0.3, 0.4) is 0 Å². The Morgan fingerprint density at radius 3 is 2.33 bits per heavy atom. The molecule has 0 radical (unpaired) electrons. The van der Waals surface area contributed by atoms with Gasteiger partial charge < -0.3 is 20.9 Å². The van der Waals surface area contributed by atoms with Gasteiger partial charge in [-0.25, -0.2) is 0 Å². The Balaban J connectivity index is 1.27. The highest BCUT2D eigenvalue weighted by Crippen LogP contribution is 2.61. The zero-order valence-corrected chi connectivity index (χ0v) is 16.8. The van der Waals surface area contributed by atoms with Crippen LogP contribution in [0, 0.1) is 17.3 Å². The number of hydrogen-bond donors (Lipinski definition) is 3. The molecule has 4 saturated carbocycles. The number of carbonyl (C=O) groups is 2. The number of aliphatic hydroxyl groups is 1. The van der Waals surface area contributed by atoms with Gasteiger partial charge in [0.15, 0.2) is 0 Å². The third-order valence-electron chi connectivity index (χ3n) is 6.98. The van der Waals surface area contributed by atoms with Crippen LogP contribution in [0.4, 0.5) is 5.69 Å². The summed E-state index contributed by atoms with van der Waals surface area (Å²) in [6.07, 6.45) is 5.20. The van der Waals surface area contributed by atoms with E-state index in [1.165, 1.54) is 0 Å². The normalized spacial score (nSPS) is 31.4. The van der Waals surface area contributed by atoms with Crippen molar-refractivity contribution >= 4 is 17.5 Å². The van der Waals surface area contributed by atoms with Gasteiger partial charge in [0.25, 0.3) is 0 Å². The van der Waals surface area contributed by atoms with Crippen LogP contribution in [-0.2, 0) is 4.79 Å². The van der Waals surface area contributed by atoms with Gasteiger partial charge in [0.05, 0.1) is 11.0 Å². The zero-order chi connectivity index (χ0) is 20.9. The molecule has 2 aromatic carbocycles. The van der Waals surface area contributed by atoms with Crippen LogP contribution in [0.25, 0.3) is 0 Å². The monoisotopic (exact) mass is 406 g/mol. The molecule has 4 aliphatic rings. The molecular formula is C24H26N2O4. The fourth-order valence-corrected chi connectivity index (χ4v) is 6.20. The van der Waals surface area contributed by atoms with Crippen molar-refractivity contribution in [1.82, 2.24) is 0 Å². The molecule has 30 heavy (non-hydrogen) atoms. The summed E-state index contributed by atoms with van der Waals surface area (Å²) in [7, 11) is 0. The van der Waals surface area contributed by atoms with Crippen molar-refractivity contribution in [3.63, 3.8) is 0 Å². The Hall–Kier alpha value is -2.86. The Labute approximate surface area is 175 Å². The van der Waals surface area contributed by atoms with Crippen molar-refractivity contribution < 1.29 is 19.4 Å². The molecule has 4 fully saturated rings. The molecule has 4 bridgehead atoms. The van der Waals surface area contributed by atoms with Crippen molar-refractivity contribution in [2.24, 2.45) is 23.0 Å². The molecule has 0 spiro atoms. The van der Waals surface area contributed by atoms with Gasteiger partial charge in [0.1, 0.15) is 11.5 Å². The number of rotatable bonds is 5. The molecule has 2 aromatic rings. The molecule has 4 N–H and O–H groups in total. The number of ether oxygens (including phenoxy) is 1. The molecule has 0 aliphatic heterocycles. The highest BCUT2D eigenvalue weighted by Gasteiger charge is 2.60. The topological polar surface area (TPSA) is 102 Å². The maximum atomic E-state index is 13.2. The Kier molecular flexibility index (Phi) is 4.36. The van der Waals surface area contributed by atoms with Crippen LogP contribution in [-0.4, -0.2) is 22.5 Å². The first-order valence-electron chi connectivity index (χ1n) is 10.5. The molecule has 0 saturated heterocycles. The number of amides is 2. The van der Waals surface area contributed by atoms with Crippen LogP contribution in [0.15, 0.2) is 48.5 Å². The van der Waals surface area contributed by atoms with Crippen LogP contribution < -0.4 is 15.8 Å². The summed E-state index contributed by atoms with van der Waals surface area (Å²) in [6, 6.07) is 13.9. The van der Waals surface area contributed by atoms with E-state index in [9.17, 15) is 14.7 Å². The summed E-state index contributed by atoms with van der Waals surface area (Å²) in [5, 5.41) is 14.0. The zero-order valence-electron chi connectivity index (χ0n) is 16.8. The van der Waals surface area contributed by atoms with Crippen molar-refractivity contribution in [2.45, 2.75) is 44.1 Å². The molecule has 0 aromatic heterocycles. The largest absolute Gasteiger partial charge is 0.457 e. The number of primary amides is 1. The minimum atomic E-state index is -0.654. The van der Waals surface area contributed by atoms with Crippen LogP contribution in [0.5, 0.6) is 11.5 Å². The second kappa shape index (κ2) is 6.84. The predicted molar refractivity (Wildman–Crippen MR) is 112 cm³/mol. The number of nitrogens with two attached hydrogens (primary N) is 1. The van der Waals surface area contributed by atoms with E-state index < -0.39 is 16.9 Å². The van der Waals surface area contributed by atoms with Crippen molar-refractivity contribution in [2.75, 3.05) is 5.32 Å². The highest BCUT2D eigenvalue weighted by molar-refractivity contribution is 5.96. The standard InChI is InChI=1S/C24H26N2O4/c25-21(27)17-2-1-3-20(9-17)30-19-6-4-18(5-7-19)26-22(28)23-10-15-8-16(11-23)13-24(29,12-15)14-23/h1-7,9,15-16,29H,8,10-14H2,(H2,25,27)(H,26,28). The molecule has 6 nitrogen and oxygen atoms in total. The van der Waals surface area contributed by atoms with Gasteiger partial charge in [-0.3, -0.25) is 9.59 Å². The third kappa shape index (κ3) is 3.45. The lowest BCUT2D eigenvalue weighted by molar-refractivity contribution is -0.174. The SMILES string of the molecule is NC(=O)c1cccc(Oc2ccc(NC(=O)C34CC5CC(CC(O)(C5)C3)C4)cc2)c1. The first-order valence-corrected chi connectivity index (χ1v) is 10.5. The van der Waals surface area contributed by atoms with E-state index in [1.54, 1.807) is 48.5 Å². The van der Waals surface area contributed by atoms with Crippen molar-refractivity contribution in [3.8, 4) is 11.5 Å². The van der Waals surface area contributed by atoms with E-state index in [4.69, 9.17) is 10.5 Å². The molecular weight excluding hydrogens is 380 g/mol. The number of hydrogen-bond acceptors (Lipinski definition) is 4. The van der Waals surface area contributed by atoms with Gasteiger partial charge in [0.2, 0.25) is 11.8 Å². The predicted octanol–water partition coefficient (Wildman–Crippen LogP) is 3.85. The minimum absolute atomic E-state index is 0.0258. The molecule has 2 amide bonds. The van der Waals surface area contributed by atoms with E-state index in [1.807, 2.05) is 0 Å². The van der Waals surface area contributed by atoms with Gasteiger partial charge >= 0.3 is 0 Å². The number of benzene rings is 2. The fourth-order valence-electron chi connectivity index (χ4n) is 6.20. The Bertz CT molecular complexity index is 987. The number of carbonyl (C=O) groups excluding carboxylic acids is 2. The average molecular weight is 406 g/mol. The maximum Gasteiger partial charge on any atom is 0.248 e. The lowest BCUT2D eigenvalue weighted by atomic mass is 9.47. The van der Waals surface area contributed by atoms with Crippen LogP contribution in [0.1, 0.15) is 48.9 Å². The third-order valence-corrected chi connectivity index (χ3v) is 6.98. The van der Waals surface area contributed by atoms with E-state index in [0.717, 1.165) is 32.1 Å². The average Bonchev–Trinajstić information content (AvgIpc) is 2.68. The molecule has 0 heterocycles. The van der Waals surface area contributed by atoms with E-state index in [0.29, 0.717) is 41.0 Å². The van der Waals surface area contributed by atoms with E-state index in [-0.39, 0.29) is 5.91 Å². The van der Waals surface area contributed by atoms with E-state index in [2.05, 4.69) is 5.32 Å². The number of nitrogens with one attached hydrogen (secondary N) is 1. The first kappa shape index (κ1) is 19.1. The molecule has 4 aliphatic carbocycles. The molecule has 2 atom stereocenters. The van der Waals surface area contributed by atoms with Crippen molar-refractivity contribution in [3.05, 3.63) is 54.1 Å². The number of anilines is 1. The first-order chi connectivity index (χ1) is 14.3. The van der Waals surface area contributed by atoms with Gasteiger partial charge in [-0.2, -0.15) is 0 Å². The summed E-state index contributed by atoms with van der Waals surface area (Å²) < 4.78 is 5.79. The fraction of sp³-hybridized carbons (Fsp3) is 0.417. The van der Waals surface area contributed by atoms with Crippen LogP contribution in [0.2, 0.25) is 0 Å². The smallest absolute Gasteiger partial charge is 0.248 e. The van der Waals surface area contributed by atoms with Gasteiger partial charge in [-0.1, -0.05) is 6.07 Å². The van der Waals surface area contributed by atoms with Crippen molar-refractivity contribution in [1.29, 1.82) is 0 Å².